The Kier molecular flexibility index (Phi) is 4.56. The lowest BCUT2D eigenvalue weighted by Crippen LogP contribution is -1.86. The molecule has 0 heterocycles. The summed E-state index contributed by atoms with van der Waals surface area (Å²) < 4.78 is 5.71. The van der Waals surface area contributed by atoms with Crippen LogP contribution in [0.15, 0.2) is 42.5 Å². The smallest absolute Gasteiger partial charge is 0.127 e. The average Bonchev–Trinajstić information content (AvgIpc) is 2.78. The molecule has 0 spiro atoms. The molecule has 0 saturated carbocycles. The first-order chi connectivity index (χ1) is 11.1. The van der Waals surface area contributed by atoms with E-state index in [0.29, 0.717) is 5.92 Å². The van der Waals surface area contributed by atoms with E-state index in [9.17, 15) is 0 Å². The summed E-state index contributed by atoms with van der Waals surface area (Å²) in [6, 6.07) is 15.8. The summed E-state index contributed by atoms with van der Waals surface area (Å²) in [5.41, 5.74) is 5.29. The van der Waals surface area contributed by atoms with Crippen molar-refractivity contribution in [1.82, 2.24) is 0 Å². The van der Waals surface area contributed by atoms with Crippen molar-refractivity contribution in [2.45, 2.75) is 46.0 Å². The summed E-state index contributed by atoms with van der Waals surface area (Å²) in [4.78, 5) is 0. The summed E-state index contributed by atoms with van der Waals surface area (Å²) in [6.07, 6.45) is 3.63. The molecule has 0 N–H and O–H groups in total. The number of ether oxygens (including phenoxy) is 1. The van der Waals surface area contributed by atoms with Crippen LogP contribution in [-0.4, -0.2) is 7.11 Å². The van der Waals surface area contributed by atoms with Crippen LogP contribution in [0.5, 0.6) is 5.75 Å². The Labute approximate surface area is 139 Å². The molecule has 0 unspecified atom stereocenters. The highest BCUT2D eigenvalue weighted by Gasteiger charge is 2.16. The molecule has 3 rings (SSSR count). The predicted molar refractivity (Wildman–Crippen MR) is 99.8 cm³/mol. The fraction of sp³-hybridized carbons (Fsp3) is 0.364. The van der Waals surface area contributed by atoms with Crippen molar-refractivity contribution in [3.05, 3.63) is 53.6 Å². The van der Waals surface area contributed by atoms with E-state index in [2.05, 4.69) is 63.2 Å². The summed E-state index contributed by atoms with van der Waals surface area (Å²) in [7, 11) is 1.77. The van der Waals surface area contributed by atoms with Crippen molar-refractivity contribution < 1.29 is 4.74 Å². The molecule has 1 heteroatoms. The molecule has 1 aromatic carbocycles. The van der Waals surface area contributed by atoms with Crippen molar-refractivity contribution in [3.63, 3.8) is 0 Å². The van der Waals surface area contributed by atoms with Gasteiger partial charge in [-0.05, 0) is 58.4 Å². The molecule has 1 nitrogen and oxygen atoms in total. The Morgan fingerprint density at radius 1 is 1.00 bits per heavy atom. The lowest BCUT2D eigenvalue weighted by Gasteiger charge is -2.05. The molecule has 0 atom stereocenters. The highest BCUT2D eigenvalue weighted by Crippen LogP contribution is 2.41. The number of benzene rings is 1. The van der Waals surface area contributed by atoms with Gasteiger partial charge >= 0.3 is 0 Å². The Bertz CT molecular complexity index is 786. The lowest BCUT2D eigenvalue weighted by atomic mass is 10.0. The van der Waals surface area contributed by atoms with Crippen molar-refractivity contribution in [2.24, 2.45) is 0 Å². The summed E-state index contributed by atoms with van der Waals surface area (Å²) in [6.45, 7) is 6.71. The Hall–Kier alpha value is -2.02. The third-order valence-corrected chi connectivity index (χ3v) is 4.69. The molecule has 0 saturated heterocycles. The summed E-state index contributed by atoms with van der Waals surface area (Å²) >= 11 is 0. The third-order valence-electron chi connectivity index (χ3n) is 4.69. The molecule has 2 aliphatic carbocycles. The van der Waals surface area contributed by atoms with Crippen LogP contribution in [0.25, 0.3) is 21.9 Å². The van der Waals surface area contributed by atoms with Crippen LogP contribution in [0.2, 0.25) is 0 Å². The lowest BCUT2D eigenvalue weighted by molar-refractivity contribution is 0.417. The van der Waals surface area contributed by atoms with Gasteiger partial charge in [-0.15, -0.1) is 0 Å². The molecule has 0 aliphatic heterocycles. The number of fused-ring (bicyclic) bond motifs is 3. The van der Waals surface area contributed by atoms with Gasteiger partial charge in [-0.3, -0.25) is 0 Å². The standard InChI is InChI=1S/C22H26O/c1-5-6-7-16-8-9-18-14-19-13-17(15(2)3)10-11-21(23-4)22(19)20(18)12-16/h8-15H,5-7H2,1-4H3. The zero-order chi connectivity index (χ0) is 16.4. The molecule has 0 fully saturated rings. The molecule has 120 valence electrons. The van der Waals surface area contributed by atoms with E-state index in [4.69, 9.17) is 4.74 Å². The molecule has 0 radical (unpaired) electrons. The van der Waals surface area contributed by atoms with Crippen LogP contribution in [0, 0.1) is 0 Å². The van der Waals surface area contributed by atoms with E-state index in [1.54, 1.807) is 7.11 Å². The first-order valence-corrected chi connectivity index (χ1v) is 8.67. The van der Waals surface area contributed by atoms with Crippen molar-refractivity contribution in [3.8, 4) is 16.9 Å². The van der Waals surface area contributed by atoms with Crippen LogP contribution >= 0.6 is 0 Å². The van der Waals surface area contributed by atoms with Crippen molar-refractivity contribution in [1.29, 1.82) is 0 Å². The topological polar surface area (TPSA) is 9.23 Å². The second kappa shape index (κ2) is 6.62. The predicted octanol–water partition coefficient (Wildman–Crippen LogP) is 6.42. The number of hydrogen-bond donors (Lipinski definition) is 0. The first-order valence-electron chi connectivity index (χ1n) is 8.67. The van der Waals surface area contributed by atoms with Gasteiger partial charge in [0.25, 0.3) is 0 Å². The molecule has 1 aromatic rings. The molecule has 0 bridgehead atoms. The van der Waals surface area contributed by atoms with Crippen molar-refractivity contribution in [2.75, 3.05) is 7.11 Å². The zero-order valence-corrected chi connectivity index (χ0v) is 14.6. The van der Waals surface area contributed by atoms with E-state index in [1.165, 1.54) is 45.9 Å². The number of aryl methyl sites for hydroxylation is 1. The summed E-state index contributed by atoms with van der Waals surface area (Å²) in [5, 5.41) is 2.62. The van der Waals surface area contributed by atoms with Gasteiger partial charge in [-0.25, -0.2) is 0 Å². The van der Waals surface area contributed by atoms with E-state index in [-0.39, 0.29) is 0 Å². The maximum Gasteiger partial charge on any atom is 0.127 e. The molecular weight excluding hydrogens is 280 g/mol. The minimum Gasteiger partial charge on any atom is -0.496 e. The molecule has 23 heavy (non-hydrogen) atoms. The zero-order valence-electron chi connectivity index (χ0n) is 14.6. The SMILES string of the molecule is CCCCc1ccc2cc3cc(C(C)C)ccc(OC)c-3c2c1. The van der Waals surface area contributed by atoms with Crippen molar-refractivity contribution >= 4 is 10.8 Å². The number of hydrogen-bond acceptors (Lipinski definition) is 1. The Balaban J connectivity index is 2.22. The van der Waals surface area contributed by atoms with E-state index >= 15 is 0 Å². The molecule has 0 amide bonds. The van der Waals surface area contributed by atoms with E-state index in [1.807, 2.05) is 0 Å². The minimum atomic E-state index is 0.508. The monoisotopic (exact) mass is 306 g/mol. The maximum atomic E-state index is 5.71. The van der Waals surface area contributed by atoms with Crippen LogP contribution in [0.3, 0.4) is 0 Å². The van der Waals surface area contributed by atoms with E-state index < -0.39 is 0 Å². The molecular formula is C22H26O. The second-order valence-corrected chi connectivity index (χ2v) is 6.70. The van der Waals surface area contributed by atoms with Gasteiger partial charge in [0, 0.05) is 5.56 Å². The van der Waals surface area contributed by atoms with Crippen LogP contribution in [0.1, 0.15) is 50.7 Å². The van der Waals surface area contributed by atoms with Crippen LogP contribution in [0.4, 0.5) is 0 Å². The molecule has 0 aromatic heterocycles. The van der Waals surface area contributed by atoms with Gasteiger partial charge in [0.15, 0.2) is 0 Å². The van der Waals surface area contributed by atoms with Gasteiger partial charge in [-0.2, -0.15) is 0 Å². The average molecular weight is 306 g/mol. The second-order valence-electron chi connectivity index (χ2n) is 6.70. The quantitative estimate of drug-likeness (QED) is 0.528. The normalized spacial score (nSPS) is 11.5. The van der Waals surface area contributed by atoms with Gasteiger partial charge < -0.3 is 4.74 Å². The van der Waals surface area contributed by atoms with Gasteiger partial charge in [0.2, 0.25) is 0 Å². The minimum absolute atomic E-state index is 0.508. The largest absolute Gasteiger partial charge is 0.496 e. The fourth-order valence-electron chi connectivity index (χ4n) is 3.28. The van der Waals surface area contributed by atoms with Gasteiger partial charge in [0.05, 0.1) is 7.11 Å². The number of methoxy groups -OCH3 is 1. The highest BCUT2D eigenvalue weighted by molar-refractivity contribution is 6.04. The van der Waals surface area contributed by atoms with Crippen LogP contribution < -0.4 is 4.74 Å². The van der Waals surface area contributed by atoms with E-state index in [0.717, 1.165) is 12.2 Å². The Morgan fingerprint density at radius 3 is 2.52 bits per heavy atom. The highest BCUT2D eigenvalue weighted by atomic mass is 16.5. The number of rotatable bonds is 5. The molecule has 2 aliphatic rings. The van der Waals surface area contributed by atoms with Gasteiger partial charge in [-0.1, -0.05) is 57.5 Å². The van der Waals surface area contributed by atoms with Crippen LogP contribution in [-0.2, 0) is 6.42 Å². The number of unbranched alkanes of at least 4 members (excludes halogenated alkanes) is 1. The Morgan fingerprint density at radius 2 is 1.83 bits per heavy atom. The maximum absolute atomic E-state index is 5.71. The first kappa shape index (κ1) is 15.9. The fourth-order valence-corrected chi connectivity index (χ4v) is 3.28. The van der Waals surface area contributed by atoms with Gasteiger partial charge in [0.1, 0.15) is 5.75 Å². The summed E-state index contributed by atoms with van der Waals surface area (Å²) in [5.74, 6) is 1.47. The third kappa shape index (κ3) is 3.06.